The van der Waals surface area contributed by atoms with Crippen molar-refractivity contribution in [1.29, 1.82) is 0 Å². The molecule has 0 aliphatic heterocycles. The summed E-state index contributed by atoms with van der Waals surface area (Å²) in [7, 11) is 2.75. The minimum atomic E-state index is -0.543. The fourth-order valence-electron chi connectivity index (χ4n) is 0.890. The van der Waals surface area contributed by atoms with Gasteiger partial charge in [0.15, 0.2) is 0 Å². The van der Waals surface area contributed by atoms with Gasteiger partial charge in [0.25, 0.3) is 0 Å². The number of esters is 1. The summed E-state index contributed by atoms with van der Waals surface area (Å²) in [5.74, 6) is -0.0679. The molecule has 0 radical (unpaired) electrons. The van der Waals surface area contributed by atoms with E-state index in [-0.39, 0.29) is 5.76 Å². The highest BCUT2D eigenvalue weighted by atomic mass is 16.5. The Balaban J connectivity index is 3.02. The molecule has 4 heteroatoms. The molecule has 0 unspecified atom stereocenters. The topological polar surface area (TPSA) is 48.7 Å². The second kappa shape index (κ2) is 3.80. The first-order valence-electron chi connectivity index (χ1n) is 3.59. The van der Waals surface area contributed by atoms with E-state index in [1.807, 2.05) is 0 Å². The Hall–Kier alpha value is -1.71. The Kier molecular flexibility index (Phi) is 2.74. The van der Waals surface area contributed by atoms with E-state index >= 15 is 0 Å². The smallest absolute Gasteiger partial charge is 0.374 e. The van der Waals surface area contributed by atoms with Crippen LogP contribution in [0.4, 0.5) is 0 Å². The lowest BCUT2D eigenvalue weighted by atomic mass is 10.2. The minimum absolute atomic E-state index is 0.106. The Bertz CT molecular complexity index is 294. The van der Waals surface area contributed by atoms with E-state index in [0.717, 1.165) is 0 Å². The third kappa shape index (κ3) is 1.72. The molecule has 13 heavy (non-hydrogen) atoms. The first kappa shape index (κ1) is 9.38. The summed E-state index contributed by atoms with van der Waals surface area (Å²) >= 11 is 0. The second-order valence-electron chi connectivity index (χ2n) is 2.28. The van der Waals surface area contributed by atoms with Crippen molar-refractivity contribution in [2.24, 2.45) is 0 Å². The molecule has 0 aliphatic carbocycles. The summed E-state index contributed by atoms with van der Waals surface area (Å²) in [5, 5.41) is 0. The van der Waals surface area contributed by atoms with Crippen molar-refractivity contribution < 1.29 is 18.7 Å². The standard InChI is InChI=1S/C9H10O4/c1-6(11-2)7-4-5-13-8(7)9(10)12-3/h4-5H,1H2,2-3H3. The van der Waals surface area contributed by atoms with Crippen LogP contribution in [0, 0.1) is 0 Å². The highest BCUT2D eigenvalue weighted by molar-refractivity contribution is 5.91. The molecule has 0 aromatic carbocycles. The maximum atomic E-state index is 11.1. The van der Waals surface area contributed by atoms with Crippen molar-refractivity contribution in [3.8, 4) is 0 Å². The summed E-state index contributed by atoms with van der Waals surface area (Å²) < 4.78 is 14.3. The van der Waals surface area contributed by atoms with Crippen molar-refractivity contribution in [2.45, 2.75) is 0 Å². The predicted octanol–water partition coefficient (Wildman–Crippen LogP) is 1.68. The number of rotatable bonds is 3. The average Bonchev–Trinajstić information content (AvgIpc) is 2.63. The second-order valence-corrected chi connectivity index (χ2v) is 2.28. The minimum Gasteiger partial charge on any atom is -0.497 e. The van der Waals surface area contributed by atoms with Crippen molar-refractivity contribution in [2.75, 3.05) is 14.2 Å². The summed E-state index contributed by atoms with van der Waals surface area (Å²) in [4.78, 5) is 11.1. The Morgan fingerprint density at radius 1 is 1.46 bits per heavy atom. The van der Waals surface area contributed by atoms with Gasteiger partial charge in [0.1, 0.15) is 5.76 Å². The van der Waals surface area contributed by atoms with Gasteiger partial charge >= 0.3 is 5.97 Å². The molecule has 0 bridgehead atoms. The Morgan fingerprint density at radius 2 is 2.15 bits per heavy atom. The van der Waals surface area contributed by atoms with E-state index in [9.17, 15) is 4.79 Å². The van der Waals surface area contributed by atoms with Crippen LogP contribution in [0.2, 0.25) is 0 Å². The predicted molar refractivity (Wildman–Crippen MR) is 46.1 cm³/mol. The molecular formula is C9H10O4. The first-order chi connectivity index (χ1) is 6.20. The zero-order chi connectivity index (χ0) is 9.84. The largest absolute Gasteiger partial charge is 0.497 e. The van der Waals surface area contributed by atoms with E-state index in [2.05, 4.69) is 11.3 Å². The average molecular weight is 182 g/mol. The lowest BCUT2D eigenvalue weighted by Crippen LogP contribution is -2.02. The monoisotopic (exact) mass is 182 g/mol. The van der Waals surface area contributed by atoms with Gasteiger partial charge in [-0.15, -0.1) is 0 Å². The number of carbonyl (C=O) groups excluding carboxylic acids is 1. The molecule has 0 aliphatic rings. The van der Waals surface area contributed by atoms with Gasteiger partial charge in [-0.25, -0.2) is 4.79 Å². The van der Waals surface area contributed by atoms with Crippen LogP contribution in [0.1, 0.15) is 16.1 Å². The third-order valence-electron chi connectivity index (χ3n) is 1.58. The number of furan rings is 1. The Morgan fingerprint density at radius 3 is 2.69 bits per heavy atom. The van der Waals surface area contributed by atoms with Crippen LogP contribution in [0.25, 0.3) is 5.76 Å². The van der Waals surface area contributed by atoms with E-state index in [0.29, 0.717) is 11.3 Å². The molecule has 0 N–H and O–H groups in total. The molecule has 0 saturated heterocycles. The molecule has 1 aromatic rings. The molecule has 0 spiro atoms. The SMILES string of the molecule is C=C(OC)c1ccoc1C(=O)OC. The molecule has 0 atom stereocenters. The van der Waals surface area contributed by atoms with Crippen LogP contribution >= 0.6 is 0 Å². The summed E-state index contributed by atoms with van der Waals surface area (Å²) in [6.45, 7) is 3.60. The normalized spacial score (nSPS) is 9.38. The van der Waals surface area contributed by atoms with Crippen LogP contribution in [0.3, 0.4) is 0 Å². The van der Waals surface area contributed by atoms with Crippen LogP contribution in [-0.2, 0) is 9.47 Å². The number of ether oxygens (including phenoxy) is 2. The molecule has 1 aromatic heterocycles. The van der Waals surface area contributed by atoms with Gasteiger partial charge in [-0.1, -0.05) is 6.58 Å². The number of methoxy groups -OCH3 is 2. The summed E-state index contributed by atoms with van der Waals surface area (Å²) in [5.41, 5.74) is 0.509. The fraction of sp³-hybridized carbons (Fsp3) is 0.222. The molecule has 1 rings (SSSR count). The quantitative estimate of drug-likeness (QED) is 0.527. The Labute approximate surface area is 75.7 Å². The highest BCUT2D eigenvalue weighted by Crippen LogP contribution is 2.19. The van der Waals surface area contributed by atoms with Gasteiger partial charge in [0.2, 0.25) is 5.76 Å². The fourth-order valence-corrected chi connectivity index (χ4v) is 0.890. The summed E-state index contributed by atoms with van der Waals surface area (Å²) in [6, 6.07) is 1.60. The van der Waals surface area contributed by atoms with E-state index < -0.39 is 5.97 Å². The molecule has 0 saturated carbocycles. The van der Waals surface area contributed by atoms with E-state index in [4.69, 9.17) is 9.15 Å². The highest BCUT2D eigenvalue weighted by Gasteiger charge is 2.17. The number of carbonyl (C=O) groups is 1. The molecule has 0 amide bonds. The van der Waals surface area contributed by atoms with Crippen LogP contribution < -0.4 is 0 Å². The zero-order valence-corrected chi connectivity index (χ0v) is 7.49. The van der Waals surface area contributed by atoms with E-state index in [1.54, 1.807) is 6.07 Å². The third-order valence-corrected chi connectivity index (χ3v) is 1.58. The molecule has 4 nitrogen and oxygen atoms in total. The van der Waals surface area contributed by atoms with E-state index in [1.165, 1.54) is 20.5 Å². The van der Waals surface area contributed by atoms with Gasteiger partial charge in [-0.2, -0.15) is 0 Å². The summed E-state index contributed by atoms with van der Waals surface area (Å²) in [6.07, 6.45) is 1.38. The maximum absolute atomic E-state index is 11.1. The van der Waals surface area contributed by atoms with Crippen molar-refractivity contribution >= 4 is 11.7 Å². The van der Waals surface area contributed by atoms with Crippen molar-refractivity contribution in [3.63, 3.8) is 0 Å². The molecule has 0 fully saturated rings. The van der Waals surface area contributed by atoms with Gasteiger partial charge in [-0.05, 0) is 6.07 Å². The van der Waals surface area contributed by atoms with Gasteiger partial charge in [0.05, 0.1) is 26.0 Å². The van der Waals surface area contributed by atoms with Gasteiger partial charge < -0.3 is 13.9 Å². The molecule has 1 heterocycles. The van der Waals surface area contributed by atoms with Gasteiger partial charge in [-0.3, -0.25) is 0 Å². The maximum Gasteiger partial charge on any atom is 0.374 e. The van der Waals surface area contributed by atoms with Crippen molar-refractivity contribution in [3.05, 3.63) is 30.2 Å². The zero-order valence-electron chi connectivity index (χ0n) is 7.49. The lowest BCUT2D eigenvalue weighted by Gasteiger charge is -2.02. The van der Waals surface area contributed by atoms with Crippen LogP contribution in [-0.4, -0.2) is 20.2 Å². The molecular weight excluding hydrogens is 172 g/mol. The first-order valence-corrected chi connectivity index (χ1v) is 3.59. The van der Waals surface area contributed by atoms with Crippen LogP contribution in [0.5, 0.6) is 0 Å². The van der Waals surface area contributed by atoms with Crippen LogP contribution in [0.15, 0.2) is 23.3 Å². The van der Waals surface area contributed by atoms with Gasteiger partial charge in [0, 0.05) is 0 Å². The lowest BCUT2D eigenvalue weighted by molar-refractivity contribution is 0.0564. The molecule has 70 valence electrons. The number of hydrogen-bond acceptors (Lipinski definition) is 4. The van der Waals surface area contributed by atoms with Crippen molar-refractivity contribution in [1.82, 2.24) is 0 Å². The number of hydrogen-bond donors (Lipinski definition) is 0.